The lowest BCUT2D eigenvalue weighted by Gasteiger charge is -2.49. The number of aromatic nitrogens is 4. The van der Waals surface area contributed by atoms with Crippen molar-refractivity contribution in [2.45, 2.75) is 210 Å². The fourth-order valence-corrected chi connectivity index (χ4v) is 10.8. The Morgan fingerprint density at radius 2 is 1.64 bits per heavy atom. The smallest absolute Gasteiger partial charge is 0.411 e. The SMILES string of the molecule is CC[C@H]1OC(=O)[C@H](C)[C@@H](O[C@H]2C[C@@](C)(OC)[C@@H](O)[C@H](C)O2)[C@H](C)[C@@H](O[C@@H]2O[C@H](C)C[C@H](N(C)CCc3cn([C@@H](Cc4ccncc4)C(F)(F)F)nn3)[C@H]2O)[C@](C)(O)C[C@@H](C)CN(C)[C@H](C)[C@@H](O)[C@]1(C)O. The number of esters is 1. The summed E-state index contributed by atoms with van der Waals surface area (Å²) in [6.45, 7) is 17.7. The number of carbonyl (C=O) groups excluding carboxylic acids is 1. The number of methoxy groups -OCH3 is 1. The van der Waals surface area contributed by atoms with Crippen LogP contribution in [0.5, 0.6) is 0 Å². The van der Waals surface area contributed by atoms with Gasteiger partial charge in [0.25, 0.3) is 0 Å². The molecule has 3 aliphatic rings. The average Bonchev–Trinajstić information content (AvgIpc) is 3.76. The van der Waals surface area contributed by atoms with E-state index in [2.05, 4.69) is 15.3 Å². The molecule has 5 rings (SSSR count). The molecule has 2 aromatic heterocycles. The first-order valence-corrected chi connectivity index (χ1v) is 24.7. The molecule has 2 aromatic rings. The maximum absolute atomic E-state index is 14.5. The first-order valence-electron chi connectivity index (χ1n) is 24.7. The van der Waals surface area contributed by atoms with Gasteiger partial charge in [-0.1, -0.05) is 26.0 Å². The molecule has 0 unspecified atom stereocenters. The summed E-state index contributed by atoms with van der Waals surface area (Å²) in [6.07, 6.45) is -10.6. The molecule has 0 bridgehead atoms. The Morgan fingerprint density at radius 1 is 0.986 bits per heavy atom. The number of likely N-dealkylation sites (N-methyl/N-ethyl adjacent to an activating group) is 2. The van der Waals surface area contributed by atoms with Gasteiger partial charge in [-0.15, -0.1) is 5.10 Å². The van der Waals surface area contributed by atoms with Gasteiger partial charge in [-0.2, -0.15) is 13.2 Å². The number of rotatable bonds is 13. The van der Waals surface area contributed by atoms with Crippen molar-refractivity contribution >= 4 is 5.97 Å². The first kappa shape index (κ1) is 58.0. The van der Waals surface area contributed by atoms with Crippen molar-refractivity contribution in [1.82, 2.24) is 29.8 Å². The third kappa shape index (κ3) is 13.6. The van der Waals surface area contributed by atoms with Crippen LogP contribution in [-0.4, -0.2) is 192 Å². The van der Waals surface area contributed by atoms with Crippen LogP contribution in [0.1, 0.15) is 112 Å². The molecular weight excluding hydrogens is 922 g/mol. The standard InChI is InChI=1S/C49H81F3N6O12/c1-14-37-48(10,64)41(60)31(6)57(12)25-27(2)23-46(8,63)43(29(4)40(30(5)44(62)68-37)69-38-24-47(9,65-13)42(61)32(7)67-38)70-45-39(59)35(21-28(3)66-45)56(11)20-17-34-26-58(55-54-34)36(49(50,51)52)22-33-15-18-53-19-16-33/h15-16,18-19,26-32,35-43,45,59-61,63-64H,14,17,20-25H2,1-13H3/t27-,28-,29+,30-,31-,32+,35+,36+,37-,38+,39-,40+,41-,42+,43-,45+,46-,47-,48-/m1/s1. The molecule has 21 heteroatoms. The minimum Gasteiger partial charge on any atom is -0.459 e. The van der Waals surface area contributed by atoms with E-state index in [9.17, 15) is 43.5 Å². The average molecular weight is 1000 g/mol. The highest BCUT2D eigenvalue weighted by molar-refractivity contribution is 5.73. The number of carbonyl (C=O) groups is 1. The molecule has 70 heavy (non-hydrogen) atoms. The predicted octanol–water partition coefficient (Wildman–Crippen LogP) is 3.85. The van der Waals surface area contributed by atoms with Crippen LogP contribution in [-0.2, 0) is 46.1 Å². The summed E-state index contributed by atoms with van der Waals surface area (Å²) in [7, 11) is 5.05. The molecule has 19 atom stereocenters. The van der Waals surface area contributed by atoms with Gasteiger partial charge < -0.3 is 63.8 Å². The quantitative estimate of drug-likeness (QED) is 0.180. The number of aliphatic hydroxyl groups is 5. The van der Waals surface area contributed by atoms with Crippen LogP contribution in [0.15, 0.2) is 30.7 Å². The van der Waals surface area contributed by atoms with E-state index in [1.165, 1.54) is 44.8 Å². The third-order valence-corrected chi connectivity index (χ3v) is 15.3. The lowest BCUT2D eigenvalue weighted by Crippen LogP contribution is -2.61. The summed E-state index contributed by atoms with van der Waals surface area (Å²) >= 11 is 0. The molecule has 0 saturated carbocycles. The highest BCUT2D eigenvalue weighted by Crippen LogP contribution is 2.41. The normalized spacial score (nSPS) is 40.6. The molecule has 18 nitrogen and oxygen atoms in total. The lowest BCUT2D eigenvalue weighted by atomic mass is 9.77. The number of hydrogen-bond acceptors (Lipinski definition) is 17. The summed E-state index contributed by atoms with van der Waals surface area (Å²) in [5.41, 5.74) is -3.90. The number of ether oxygens (including phenoxy) is 6. The number of halogens is 3. The summed E-state index contributed by atoms with van der Waals surface area (Å²) in [4.78, 5) is 22.1. The molecule has 0 amide bonds. The largest absolute Gasteiger partial charge is 0.459 e. The van der Waals surface area contributed by atoms with E-state index in [1.807, 2.05) is 23.6 Å². The fourth-order valence-electron chi connectivity index (χ4n) is 10.8. The molecule has 3 saturated heterocycles. The number of nitrogens with zero attached hydrogens (tertiary/aromatic N) is 6. The van der Waals surface area contributed by atoms with Gasteiger partial charge >= 0.3 is 12.1 Å². The van der Waals surface area contributed by atoms with Gasteiger partial charge in [0.1, 0.15) is 30.0 Å². The monoisotopic (exact) mass is 1000 g/mol. The van der Waals surface area contributed by atoms with E-state index in [0.717, 1.165) is 4.68 Å². The predicted molar refractivity (Wildman–Crippen MR) is 250 cm³/mol. The second kappa shape index (κ2) is 23.5. The van der Waals surface area contributed by atoms with Gasteiger partial charge in [-0.3, -0.25) is 9.78 Å². The second-order valence-electron chi connectivity index (χ2n) is 21.2. The van der Waals surface area contributed by atoms with Crippen LogP contribution in [0.4, 0.5) is 13.2 Å². The highest BCUT2D eigenvalue weighted by Gasteiger charge is 2.53. The number of alkyl halides is 3. The summed E-state index contributed by atoms with van der Waals surface area (Å²) in [5, 5.41) is 67.4. The summed E-state index contributed by atoms with van der Waals surface area (Å²) < 4.78 is 81.6. The molecule has 0 radical (unpaired) electrons. The molecule has 3 fully saturated rings. The van der Waals surface area contributed by atoms with Crippen molar-refractivity contribution in [1.29, 1.82) is 0 Å². The first-order chi connectivity index (χ1) is 32.5. The minimum absolute atomic E-state index is 0.0580. The maximum Gasteiger partial charge on any atom is 0.411 e. The van der Waals surface area contributed by atoms with Crippen LogP contribution in [0, 0.1) is 17.8 Å². The summed E-state index contributed by atoms with van der Waals surface area (Å²) in [6, 6.07) is -0.0964. The molecule has 0 aliphatic carbocycles. The molecule has 0 spiro atoms. The number of aliphatic hydroxyl groups excluding tert-OH is 3. The zero-order valence-corrected chi connectivity index (χ0v) is 43.2. The van der Waals surface area contributed by atoms with E-state index in [-0.39, 0.29) is 44.6 Å². The number of hydrogen-bond donors (Lipinski definition) is 5. The van der Waals surface area contributed by atoms with Crippen LogP contribution in [0.3, 0.4) is 0 Å². The van der Waals surface area contributed by atoms with Gasteiger partial charge in [-0.25, -0.2) is 4.68 Å². The van der Waals surface area contributed by atoms with Crippen LogP contribution in [0.2, 0.25) is 0 Å². The van der Waals surface area contributed by atoms with E-state index >= 15 is 0 Å². The Morgan fingerprint density at radius 3 is 2.26 bits per heavy atom. The minimum atomic E-state index is -4.60. The fraction of sp³-hybridized carbons (Fsp3) is 0.837. The van der Waals surface area contributed by atoms with Gasteiger partial charge in [0.05, 0.1) is 47.2 Å². The van der Waals surface area contributed by atoms with Crippen LogP contribution < -0.4 is 0 Å². The number of pyridine rings is 1. The highest BCUT2D eigenvalue weighted by atomic mass is 19.4. The Labute approximate surface area is 411 Å². The molecule has 5 heterocycles. The lowest BCUT2D eigenvalue weighted by molar-refractivity contribution is -0.318. The van der Waals surface area contributed by atoms with Crippen molar-refractivity contribution in [2.24, 2.45) is 17.8 Å². The van der Waals surface area contributed by atoms with Gasteiger partial charge in [-0.05, 0) is 105 Å². The molecule has 400 valence electrons. The van der Waals surface area contributed by atoms with E-state index < -0.39 is 120 Å². The molecule has 0 aromatic carbocycles. The van der Waals surface area contributed by atoms with E-state index in [0.29, 0.717) is 24.2 Å². The van der Waals surface area contributed by atoms with Crippen molar-refractivity contribution in [2.75, 3.05) is 34.3 Å². The molecule has 5 N–H and O–H groups in total. The van der Waals surface area contributed by atoms with Crippen molar-refractivity contribution < 1.29 is 71.9 Å². The number of cyclic esters (lactones) is 1. The van der Waals surface area contributed by atoms with Gasteiger partial charge in [0, 0.05) is 76.1 Å². The summed E-state index contributed by atoms with van der Waals surface area (Å²) in [5.74, 6) is -3.01. The van der Waals surface area contributed by atoms with Crippen molar-refractivity contribution in [3.05, 3.63) is 42.0 Å². The Kier molecular flexibility index (Phi) is 19.5. The van der Waals surface area contributed by atoms with Crippen LogP contribution >= 0.6 is 0 Å². The Hall–Kier alpha value is -2.93. The molecule has 3 aliphatic heterocycles. The van der Waals surface area contributed by atoms with Gasteiger partial charge in [0.2, 0.25) is 0 Å². The Bertz CT molecular complexity index is 1950. The molecular formula is C49H81F3N6O12. The van der Waals surface area contributed by atoms with Gasteiger partial charge in [0.15, 0.2) is 18.6 Å². The Balaban J connectivity index is 1.46. The maximum atomic E-state index is 14.5. The van der Waals surface area contributed by atoms with E-state index in [4.69, 9.17) is 28.4 Å². The second-order valence-corrected chi connectivity index (χ2v) is 21.2. The third-order valence-electron chi connectivity index (χ3n) is 15.3. The van der Waals surface area contributed by atoms with Crippen LogP contribution in [0.25, 0.3) is 0 Å². The van der Waals surface area contributed by atoms with E-state index in [1.54, 1.807) is 62.6 Å². The zero-order valence-electron chi connectivity index (χ0n) is 43.2. The van der Waals surface area contributed by atoms with Crippen molar-refractivity contribution in [3.8, 4) is 0 Å². The topological polar surface area (TPSA) is 224 Å². The van der Waals surface area contributed by atoms with Crippen molar-refractivity contribution in [3.63, 3.8) is 0 Å². The zero-order chi connectivity index (χ0) is 52.3.